The Morgan fingerprint density at radius 3 is 2.11 bits per heavy atom. The normalized spacial score (nSPS) is 13.4. The van der Waals surface area contributed by atoms with Crippen LogP contribution < -0.4 is 4.40 Å². The van der Waals surface area contributed by atoms with E-state index in [0.717, 1.165) is 48.7 Å². The predicted octanol–water partition coefficient (Wildman–Crippen LogP) is 14.3. The molecule has 0 N–H and O–H groups in total. The van der Waals surface area contributed by atoms with Crippen molar-refractivity contribution in [3.63, 3.8) is 0 Å². The van der Waals surface area contributed by atoms with Crippen LogP contribution in [0.4, 0.5) is 0 Å². The molecule has 0 atom stereocenters. The van der Waals surface area contributed by atoms with E-state index in [-0.39, 0.29) is 49.3 Å². The molecule has 0 amide bonds. The Kier molecular flexibility index (Phi) is 11.6. The minimum atomic E-state index is -2.33. The number of rotatable bonds is 9. The van der Waals surface area contributed by atoms with Crippen LogP contribution in [-0.4, -0.2) is 32.8 Å². The predicted molar refractivity (Wildman–Crippen MR) is 259 cm³/mol. The van der Waals surface area contributed by atoms with Gasteiger partial charge in [-0.25, -0.2) is 4.98 Å². The standard InChI is InChI=1S/C37H32N3O.C18H24GeN.Ir/c1-22(2)30-20-26(25-12-7-6-8-13-25)21-31(23(3)4)34(30)40-33-17-10-9-16-32(33)39-36(40)29-15-11-14-27-28-19-18-24(5)38-37(28)41-35(27)29;1-14(2)11-16-12-18(15-9-7-6-8-10-15)20-13-17(16)19(3,4)5;/h6-14,16-23H,1-5H3;6-9,12-14H,11H2,1-5H3;/q2*-1;/i5D3;11D2;. The van der Waals surface area contributed by atoms with Crippen LogP contribution in [0.1, 0.15) is 82.6 Å². The number of nitrogens with zero attached hydrogens (tertiary/aromatic N) is 4. The number of benzene rings is 5. The molecule has 5 nitrogen and oxygen atoms in total. The first-order chi connectivity index (χ1) is 31.3. The fourth-order valence-electron chi connectivity index (χ4n) is 8.01. The number of imidazole rings is 1. The van der Waals surface area contributed by atoms with Gasteiger partial charge in [-0.1, -0.05) is 81.1 Å². The molecule has 62 heavy (non-hydrogen) atoms. The zero-order chi connectivity index (χ0) is 47.3. The van der Waals surface area contributed by atoms with Crippen molar-refractivity contribution in [2.75, 3.05) is 0 Å². The molecule has 0 fully saturated rings. The maximum atomic E-state index is 8.56. The fraction of sp³-hybridized carbons (Fsp3) is 0.255. The first-order valence-electron chi connectivity index (χ1n) is 23.7. The number of aromatic nitrogens is 4. The number of hydrogen-bond donors (Lipinski definition) is 0. The van der Waals surface area contributed by atoms with Crippen LogP contribution in [0.15, 0.2) is 132 Å². The molecule has 0 unspecified atom stereocenters. The van der Waals surface area contributed by atoms with Gasteiger partial charge in [-0.3, -0.25) is 4.98 Å². The Labute approximate surface area is 390 Å². The summed E-state index contributed by atoms with van der Waals surface area (Å²) in [6.07, 6.45) is 0.562. The van der Waals surface area contributed by atoms with Gasteiger partial charge in [0.05, 0.1) is 22.4 Å². The molecule has 9 rings (SSSR count). The molecule has 0 spiro atoms. The van der Waals surface area contributed by atoms with Crippen molar-refractivity contribution < 1.29 is 31.4 Å². The Morgan fingerprint density at radius 1 is 0.742 bits per heavy atom. The molecule has 1 radical (unpaired) electrons. The van der Waals surface area contributed by atoms with E-state index in [1.165, 1.54) is 22.3 Å². The zero-order valence-electron chi connectivity index (χ0n) is 41.9. The van der Waals surface area contributed by atoms with Crippen molar-refractivity contribution in [2.45, 2.75) is 83.9 Å². The van der Waals surface area contributed by atoms with Gasteiger partial charge < -0.3 is 8.98 Å². The quantitative estimate of drug-likeness (QED) is 0.107. The number of furan rings is 1. The van der Waals surface area contributed by atoms with E-state index >= 15 is 0 Å². The van der Waals surface area contributed by atoms with Gasteiger partial charge in [0.1, 0.15) is 0 Å². The van der Waals surface area contributed by atoms with E-state index < -0.39 is 26.5 Å². The van der Waals surface area contributed by atoms with Crippen LogP contribution in [0, 0.1) is 24.9 Å². The summed E-state index contributed by atoms with van der Waals surface area (Å²) in [4.78, 5) is 14.2. The fourth-order valence-corrected chi connectivity index (χ4v) is 11.0. The number of pyridine rings is 2. The summed E-state index contributed by atoms with van der Waals surface area (Å²) in [5.74, 6) is 7.94. The largest absolute Gasteiger partial charge is 0 e. The van der Waals surface area contributed by atoms with Crippen molar-refractivity contribution in [3.8, 4) is 39.5 Å². The first-order valence-corrected chi connectivity index (χ1v) is 28.5. The van der Waals surface area contributed by atoms with E-state index in [9.17, 15) is 0 Å². The van der Waals surface area contributed by atoms with E-state index in [4.69, 9.17) is 16.3 Å². The summed E-state index contributed by atoms with van der Waals surface area (Å²) in [6.45, 7) is 10.5. The summed E-state index contributed by atoms with van der Waals surface area (Å²) in [5.41, 5.74) is 11.9. The van der Waals surface area contributed by atoms with Crippen molar-refractivity contribution in [1.82, 2.24) is 19.5 Å². The van der Waals surface area contributed by atoms with Gasteiger partial charge >= 0.3 is 128 Å². The van der Waals surface area contributed by atoms with E-state index in [2.05, 4.69) is 114 Å². The first kappa shape index (κ1) is 38.5. The van der Waals surface area contributed by atoms with Crippen LogP contribution in [0.5, 0.6) is 0 Å². The van der Waals surface area contributed by atoms with Gasteiger partial charge in [-0.05, 0) is 77.3 Å². The molecular formula is C55H56GeIrN4O-2. The second kappa shape index (κ2) is 18.7. The van der Waals surface area contributed by atoms with Gasteiger partial charge in [0.15, 0.2) is 0 Å². The molecule has 0 aliphatic heterocycles. The molecule has 0 saturated heterocycles. The third-order valence-electron chi connectivity index (χ3n) is 11.0. The number of aryl methyl sites for hydroxylation is 1. The molecule has 0 aliphatic rings. The number of para-hydroxylation sites is 2. The van der Waals surface area contributed by atoms with E-state index in [0.29, 0.717) is 17.0 Å². The molecule has 5 aromatic carbocycles. The third-order valence-corrected chi connectivity index (χ3v) is 15.2. The molecular weight excluding hydrogens is 997 g/mol. The van der Waals surface area contributed by atoms with Crippen molar-refractivity contribution in [3.05, 3.63) is 162 Å². The molecule has 9 aromatic rings. The number of hydrogen-bond acceptors (Lipinski definition) is 4. The number of fused-ring (bicyclic) bond motifs is 4. The van der Waals surface area contributed by atoms with Crippen LogP contribution in [-0.2, 0) is 26.5 Å². The van der Waals surface area contributed by atoms with Crippen molar-refractivity contribution in [1.29, 1.82) is 0 Å². The summed E-state index contributed by atoms with van der Waals surface area (Å²) in [6, 6.07) is 46.7. The minimum absolute atomic E-state index is 0. The van der Waals surface area contributed by atoms with E-state index in [1.807, 2.05) is 86.8 Å². The average molecular weight is 1060 g/mol. The second-order valence-corrected chi connectivity index (χ2v) is 28.2. The van der Waals surface area contributed by atoms with E-state index in [1.54, 1.807) is 12.1 Å². The Balaban J connectivity index is 0.000000245. The van der Waals surface area contributed by atoms with Crippen LogP contribution in [0.3, 0.4) is 0 Å². The Morgan fingerprint density at radius 2 is 1.45 bits per heavy atom. The van der Waals surface area contributed by atoms with Gasteiger partial charge in [-0.15, -0.1) is 18.2 Å². The average Bonchev–Trinajstić information content (AvgIpc) is 3.87. The third kappa shape index (κ3) is 9.15. The van der Waals surface area contributed by atoms with Crippen LogP contribution >= 0.6 is 0 Å². The molecule has 4 heterocycles. The summed E-state index contributed by atoms with van der Waals surface area (Å²) >= 11 is -2.20. The maximum Gasteiger partial charge on any atom is 0 e. The molecule has 317 valence electrons. The van der Waals surface area contributed by atoms with Crippen molar-refractivity contribution in [2.24, 2.45) is 5.92 Å². The Bertz CT molecular complexity index is 3160. The summed E-state index contributed by atoms with van der Waals surface area (Å²) in [5, 5.41) is 1.59. The molecule has 0 saturated carbocycles. The Hall–Kier alpha value is -5.14. The summed E-state index contributed by atoms with van der Waals surface area (Å²) in [7, 11) is 0. The topological polar surface area (TPSA) is 56.7 Å². The summed E-state index contributed by atoms with van der Waals surface area (Å²) < 4.78 is 50.4. The second-order valence-electron chi connectivity index (χ2n) is 17.6. The molecule has 0 aliphatic carbocycles. The SMILES string of the molecule is [2H]C([2H])([2H])c1ccc2c(n1)oc1c(-c3nc4ccccc4n3-c3c(C(C)C)cc(-c4ccccc4)cc3C(C)C)[c-]ccc12.[2H]C([2H])(c1cc(-c2[c-]cccc2)nc[c]1[Ge]([CH3])([CH3])[CH3])C(C)C.[Ir]. The minimum Gasteiger partial charge on any atom is 0 e. The van der Waals surface area contributed by atoms with Gasteiger partial charge in [0, 0.05) is 41.0 Å². The van der Waals surface area contributed by atoms with Crippen LogP contribution in [0.25, 0.3) is 72.6 Å². The van der Waals surface area contributed by atoms with Crippen LogP contribution in [0.2, 0.25) is 17.3 Å². The van der Waals surface area contributed by atoms with Crippen molar-refractivity contribution >= 4 is 50.8 Å². The monoisotopic (exact) mass is 1060 g/mol. The van der Waals surface area contributed by atoms with Gasteiger partial charge in [0.2, 0.25) is 5.71 Å². The molecule has 4 aromatic heterocycles. The smallest absolute Gasteiger partial charge is 0 e. The van der Waals surface area contributed by atoms with Gasteiger partial charge in [-0.2, -0.15) is 0 Å². The molecule has 0 bridgehead atoms. The maximum absolute atomic E-state index is 8.56. The van der Waals surface area contributed by atoms with Gasteiger partial charge in [0.25, 0.3) is 0 Å². The zero-order valence-corrected chi connectivity index (χ0v) is 41.4. The molecule has 7 heteroatoms.